The SMILES string of the molecule is CC1=C(C(=O)OC(C)C)Sc2ccccc2N1. The summed E-state index contributed by atoms with van der Waals surface area (Å²) in [5, 5.41) is 3.22. The van der Waals surface area contributed by atoms with Gasteiger partial charge in [-0.3, -0.25) is 0 Å². The van der Waals surface area contributed by atoms with Gasteiger partial charge in [-0.05, 0) is 32.9 Å². The number of rotatable bonds is 2. The summed E-state index contributed by atoms with van der Waals surface area (Å²) in [7, 11) is 0. The molecule has 0 aliphatic carbocycles. The second-order valence-corrected chi connectivity index (χ2v) is 5.18. The van der Waals surface area contributed by atoms with E-state index in [1.165, 1.54) is 11.8 Å². The Morgan fingerprint density at radius 1 is 1.35 bits per heavy atom. The molecule has 0 fully saturated rings. The molecule has 0 bridgehead atoms. The van der Waals surface area contributed by atoms with E-state index in [1.54, 1.807) is 0 Å². The summed E-state index contributed by atoms with van der Waals surface area (Å²) in [5.41, 5.74) is 1.88. The van der Waals surface area contributed by atoms with Gasteiger partial charge in [0, 0.05) is 10.6 Å². The quantitative estimate of drug-likeness (QED) is 0.815. The summed E-state index contributed by atoms with van der Waals surface area (Å²) in [6.45, 7) is 5.59. The molecule has 4 heteroatoms. The smallest absolute Gasteiger partial charge is 0.347 e. The zero-order valence-electron chi connectivity index (χ0n) is 10.1. The molecule has 0 atom stereocenters. The number of allylic oxidation sites excluding steroid dienone is 1. The van der Waals surface area contributed by atoms with Gasteiger partial charge in [-0.2, -0.15) is 0 Å². The highest BCUT2D eigenvalue weighted by Crippen LogP contribution is 2.39. The number of fused-ring (bicyclic) bond motifs is 1. The summed E-state index contributed by atoms with van der Waals surface area (Å²) in [6.07, 6.45) is -0.0967. The van der Waals surface area contributed by atoms with E-state index < -0.39 is 0 Å². The average molecular weight is 249 g/mol. The minimum Gasteiger partial charge on any atom is -0.459 e. The number of ether oxygens (including phenoxy) is 1. The van der Waals surface area contributed by atoms with Crippen molar-refractivity contribution in [3.05, 3.63) is 34.9 Å². The standard InChI is InChI=1S/C13H15NO2S/c1-8(2)16-13(15)12-9(3)14-10-6-4-5-7-11(10)17-12/h4-8,14H,1-3H3. The predicted octanol–water partition coefficient (Wildman–Crippen LogP) is 3.39. The van der Waals surface area contributed by atoms with Crippen molar-refractivity contribution in [3.8, 4) is 0 Å². The largest absolute Gasteiger partial charge is 0.459 e. The first-order valence-electron chi connectivity index (χ1n) is 5.53. The number of para-hydroxylation sites is 1. The molecule has 1 N–H and O–H groups in total. The Morgan fingerprint density at radius 2 is 2.06 bits per heavy atom. The minimum atomic E-state index is -0.260. The van der Waals surface area contributed by atoms with E-state index in [4.69, 9.17) is 4.74 Å². The highest BCUT2D eigenvalue weighted by atomic mass is 32.2. The zero-order chi connectivity index (χ0) is 12.4. The second kappa shape index (κ2) is 4.84. The molecule has 0 unspecified atom stereocenters. The topological polar surface area (TPSA) is 38.3 Å². The fourth-order valence-corrected chi connectivity index (χ4v) is 2.50. The molecule has 90 valence electrons. The Bertz CT molecular complexity index is 480. The van der Waals surface area contributed by atoms with Crippen molar-refractivity contribution in [2.45, 2.75) is 31.8 Å². The number of benzene rings is 1. The van der Waals surface area contributed by atoms with Crippen LogP contribution in [0.2, 0.25) is 0 Å². The third kappa shape index (κ3) is 2.64. The number of hydrogen-bond acceptors (Lipinski definition) is 4. The van der Waals surface area contributed by atoms with Crippen LogP contribution in [0.15, 0.2) is 39.8 Å². The molecule has 1 aromatic carbocycles. The van der Waals surface area contributed by atoms with E-state index in [-0.39, 0.29) is 12.1 Å². The van der Waals surface area contributed by atoms with Gasteiger partial charge in [0.05, 0.1) is 11.8 Å². The van der Waals surface area contributed by atoms with Crippen molar-refractivity contribution in [2.75, 3.05) is 5.32 Å². The van der Waals surface area contributed by atoms with Gasteiger partial charge in [-0.25, -0.2) is 4.79 Å². The van der Waals surface area contributed by atoms with Gasteiger partial charge in [-0.1, -0.05) is 23.9 Å². The van der Waals surface area contributed by atoms with Crippen molar-refractivity contribution < 1.29 is 9.53 Å². The third-order valence-corrected chi connectivity index (χ3v) is 3.54. The Hall–Kier alpha value is -1.42. The Labute approximate surface area is 105 Å². The van der Waals surface area contributed by atoms with E-state index in [2.05, 4.69) is 5.32 Å². The number of carbonyl (C=O) groups excluding carboxylic acids is 1. The number of carbonyl (C=O) groups is 1. The van der Waals surface area contributed by atoms with Crippen LogP contribution in [0.4, 0.5) is 5.69 Å². The summed E-state index contributed by atoms with van der Waals surface area (Å²) in [4.78, 5) is 13.6. The lowest BCUT2D eigenvalue weighted by molar-refractivity contribution is -0.141. The molecule has 0 spiro atoms. The Morgan fingerprint density at radius 3 is 2.76 bits per heavy atom. The van der Waals surface area contributed by atoms with Gasteiger partial charge in [0.25, 0.3) is 0 Å². The molecule has 1 aliphatic heterocycles. The van der Waals surface area contributed by atoms with Crippen LogP contribution in [0.25, 0.3) is 0 Å². The van der Waals surface area contributed by atoms with Crippen LogP contribution in [0.3, 0.4) is 0 Å². The van der Waals surface area contributed by atoms with Crippen molar-refractivity contribution in [2.24, 2.45) is 0 Å². The molecule has 0 saturated carbocycles. The predicted molar refractivity (Wildman–Crippen MR) is 69.8 cm³/mol. The zero-order valence-corrected chi connectivity index (χ0v) is 10.9. The second-order valence-electron chi connectivity index (χ2n) is 4.13. The van der Waals surface area contributed by atoms with Crippen LogP contribution < -0.4 is 5.32 Å². The summed E-state index contributed by atoms with van der Waals surface area (Å²) >= 11 is 1.46. The van der Waals surface area contributed by atoms with Gasteiger partial charge in [0.1, 0.15) is 4.91 Å². The van der Waals surface area contributed by atoms with Crippen LogP contribution in [0.1, 0.15) is 20.8 Å². The van der Waals surface area contributed by atoms with Gasteiger partial charge >= 0.3 is 5.97 Å². The van der Waals surface area contributed by atoms with Crippen LogP contribution in [-0.2, 0) is 9.53 Å². The van der Waals surface area contributed by atoms with Crippen molar-refractivity contribution in [1.82, 2.24) is 0 Å². The van der Waals surface area contributed by atoms with Crippen molar-refractivity contribution in [1.29, 1.82) is 0 Å². The molecular weight excluding hydrogens is 234 g/mol. The van der Waals surface area contributed by atoms with Crippen molar-refractivity contribution in [3.63, 3.8) is 0 Å². The van der Waals surface area contributed by atoms with Gasteiger partial charge < -0.3 is 10.1 Å². The average Bonchev–Trinajstić information content (AvgIpc) is 2.27. The molecule has 2 rings (SSSR count). The number of nitrogens with one attached hydrogen (secondary N) is 1. The molecule has 1 heterocycles. The maximum atomic E-state index is 11.9. The molecule has 17 heavy (non-hydrogen) atoms. The number of hydrogen-bond donors (Lipinski definition) is 1. The van der Waals surface area contributed by atoms with Gasteiger partial charge in [-0.15, -0.1) is 0 Å². The van der Waals surface area contributed by atoms with E-state index in [1.807, 2.05) is 45.0 Å². The molecule has 0 radical (unpaired) electrons. The fourth-order valence-electron chi connectivity index (χ4n) is 1.57. The summed E-state index contributed by atoms with van der Waals surface area (Å²) < 4.78 is 5.22. The first kappa shape index (κ1) is 12.0. The van der Waals surface area contributed by atoms with E-state index >= 15 is 0 Å². The van der Waals surface area contributed by atoms with Crippen LogP contribution in [0.5, 0.6) is 0 Å². The summed E-state index contributed by atoms with van der Waals surface area (Å²) in [6, 6.07) is 7.91. The first-order valence-corrected chi connectivity index (χ1v) is 6.35. The number of thioether (sulfide) groups is 1. The summed E-state index contributed by atoms with van der Waals surface area (Å²) in [5.74, 6) is -0.260. The first-order chi connectivity index (χ1) is 8.08. The molecule has 0 aromatic heterocycles. The minimum absolute atomic E-state index is 0.0967. The van der Waals surface area contributed by atoms with Gasteiger partial charge in [0.15, 0.2) is 0 Å². The molecule has 3 nitrogen and oxygen atoms in total. The van der Waals surface area contributed by atoms with E-state index in [9.17, 15) is 4.79 Å². The molecule has 0 saturated heterocycles. The number of anilines is 1. The lowest BCUT2D eigenvalue weighted by Gasteiger charge is -2.21. The normalized spacial score (nSPS) is 14.4. The van der Waals surface area contributed by atoms with E-state index in [0.29, 0.717) is 4.91 Å². The monoisotopic (exact) mass is 249 g/mol. The maximum absolute atomic E-state index is 11.9. The number of esters is 1. The lowest BCUT2D eigenvalue weighted by atomic mass is 10.3. The van der Waals surface area contributed by atoms with Crippen LogP contribution >= 0.6 is 11.8 Å². The Balaban J connectivity index is 2.23. The van der Waals surface area contributed by atoms with Gasteiger partial charge in [0.2, 0.25) is 0 Å². The molecule has 0 amide bonds. The van der Waals surface area contributed by atoms with Crippen LogP contribution in [-0.4, -0.2) is 12.1 Å². The van der Waals surface area contributed by atoms with Crippen molar-refractivity contribution >= 4 is 23.4 Å². The molecule has 1 aliphatic rings. The van der Waals surface area contributed by atoms with E-state index in [0.717, 1.165) is 16.3 Å². The fraction of sp³-hybridized carbons (Fsp3) is 0.308. The highest BCUT2D eigenvalue weighted by molar-refractivity contribution is 8.04. The third-order valence-electron chi connectivity index (χ3n) is 2.29. The Kier molecular flexibility index (Phi) is 3.43. The van der Waals surface area contributed by atoms with Crippen LogP contribution in [0, 0.1) is 0 Å². The highest BCUT2D eigenvalue weighted by Gasteiger charge is 2.22. The maximum Gasteiger partial charge on any atom is 0.347 e. The molecule has 1 aromatic rings. The molecular formula is C13H15NO2S. The lowest BCUT2D eigenvalue weighted by Crippen LogP contribution is -2.17.